The number of nitro groups is 2. The Morgan fingerprint density at radius 3 is 2.24 bits per heavy atom. The van der Waals surface area contributed by atoms with E-state index in [4.69, 9.17) is 4.42 Å². The molecule has 0 bridgehead atoms. The maximum atomic E-state index is 12.7. The molecule has 0 spiro atoms. The number of hydrogen-bond acceptors (Lipinski definition) is 8. The van der Waals surface area contributed by atoms with E-state index < -0.39 is 45.0 Å². The molecule has 3 rings (SSSR count). The third kappa shape index (κ3) is 6.85. The molecule has 0 aliphatic rings. The molecular weight excluding hydrogens is 550 g/mol. The monoisotopic (exact) mass is 571 g/mol. The van der Waals surface area contributed by atoms with Gasteiger partial charge in [-0.05, 0) is 42.7 Å². The zero-order chi connectivity index (χ0) is 27.3. The van der Waals surface area contributed by atoms with Crippen molar-refractivity contribution < 1.29 is 23.9 Å². The number of aryl methyl sites for hydroxylation is 1. The molecule has 192 valence electrons. The number of rotatable bonds is 9. The van der Waals surface area contributed by atoms with Crippen LogP contribution in [0.1, 0.15) is 35.5 Å². The minimum absolute atomic E-state index is 0.326. The van der Waals surface area contributed by atoms with E-state index in [2.05, 4.69) is 31.8 Å². The van der Waals surface area contributed by atoms with Crippen molar-refractivity contribution in [1.82, 2.24) is 10.7 Å². The molecule has 0 aliphatic heterocycles. The van der Waals surface area contributed by atoms with Gasteiger partial charge in [0, 0.05) is 22.2 Å². The predicted molar refractivity (Wildman–Crippen MR) is 138 cm³/mol. The van der Waals surface area contributed by atoms with Gasteiger partial charge in [0.05, 0.1) is 27.7 Å². The molecule has 0 saturated heterocycles. The first-order valence-corrected chi connectivity index (χ1v) is 11.7. The van der Waals surface area contributed by atoms with Crippen molar-refractivity contribution in [3.8, 4) is 11.3 Å². The quantitative estimate of drug-likeness (QED) is 0.212. The number of benzene rings is 2. The average Bonchev–Trinajstić information content (AvgIpc) is 3.30. The molecule has 3 aromatic rings. The number of nitrogens with one attached hydrogen (secondary N) is 2. The minimum atomic E-state index is -1.08. The number of furan rings is 1. The lowest BCUT2D eigenvalue weighted by molar-refractivity contribution is -0.394. The zero-order valence-corrected chi connectivity index (χ0v) is 21.5. The lowest BCUT2D eigenvalue weighted by atomic mass is 10.0. The summed E-state index contributed by atoms with van der Waals surface area (Å²) in [6.45, 7) is 5.31. The highest BCUT2D eigenvalue weighted by atomic mass is 79.9. The Kier molecular flexibility index (Phi) is 8.50. The second-order valence-corrected chi connectivity index (χ2v) is 9.22. The predicted octanol–water partition coefficient (Wildman–Crippen LogP) is 4.74. The molecule has 2 N–H and O–H groups in total. The summed E-state index contributed by atoms with van der Waals surface area (Å²) in [5.74, 6) is -0.978. The maximum Gasteiger partial charge on any atom is 0.277 e. The van der Waals surface area contributed by atoms with Gasteiger partial charge in [-0.1, -0.05) is 35.8 Å². The van der Waals surface area contributed by atoms with E-state index in [1.54, 1.807) is 26.0 Å². The van der Waals surface area contributed by atoms with E-state index in [1.807, 2.05) is 25.1 Å². The van der Waals surface area contributed by atoms with Crippen LogP contribution in [0, 0.1) is 33.1 Å². The molecule has 0 aliphatic carbocycles. The molecule has 12 nitrogen and oxygen atoms in total. The van der Waals surface area contributed by atoms with Crippen molar-refractivity contribution in [3.05, 3.63) is 90.1 Å². The van der Waals surface area contributed by atoms with Crippen LogP contribution in [-0.4, -0.2) is 33.9 Å². The highest BCUT2D eigenvalue weighted by molar-refractivity contribution is 9.10. The Labute approximate surface area is 219 Å². The Balaban J connectivity index is 1.70. The Morgan fingerprint density at radius 1 is 1.03 bits per heavy atom. The van der Waals surface area contributed by atoms with Crippen molar-refractivity contribution in [1.29, 1.82) is 0 Å². The fourth-order valence-electron chi connectivity index (χ4n) is 3.31. The smallest absolute Gasteiger partial charge is 0.277 e. The van der Waals surface area contributed by atoms with E-state index in [0.717, 1.165) is 33.8 Å². The largest absolute Gasteiger partial charge is 0.455 e. The summed E-state index contributed by atoms with van der Waals surface area (Å²) in [6, 6.07) is 10.7. The van der Waals surface area contributed by atoms with Crippen LogP contribution >= 0.6 is 15.9 Å². The molecule has 0 saturated carbocycles. The van der Waals surface area contributed by atoms with Gasteiger partial charge in [-0.3, -0.25) is 29.8 Å². The average molecular weight is 572 g/mol. The third-order valence-electron chi connectivity index (χ3n) is 5.21. The fraction of sp³-hybridized carbons (Fsp3) is 0.208. The summed E-state index contributed by atoms with van der Waals surface area (Å²) in [6.07, 6.45) is 1.30. The van der Waals surface area contributed by atoms with E-state index >= 15 is 0 Å². The van der Waals surface area contributed by atoms with Crippen LogP contribution in [0.3, 0.4) is 0 Å². The second-order valence-electron chi connectivity index (χ2n) is 8.37. The summed E-state index contributed by atoms with van der Waals surface area (Å²) in [5.41, 5.74) is 2.69. The Bertz CT molecular complexity index is 1370. The molecule has 2 aromatic carbocycles. The lowest BCUT2D eigenvalue weighted by Crippen LogP contribution is -2.48. The SMILES string of the molecule is Cc1ccc(-c2ccc(/C=N\NC(=O)[C@H](NC(=O)c3cc([N+](=O)[O-])cc([N+](=O)[O-])c3)C(C)C)o2)c(Br)c1. The maximum absolute atomic E-state index is 12.7. The minimum Gasteiger partial charge on any atom is -0.455 e. The summed E-state index contributed by atoms with van der Waals surface area (Å²) in [5, 5.41) is 28.5. The first-order chi connectivity index (χ1) is 17.5. The molecule has 1 aromatic heterocycles. The van der Waals surface area contributed by atoms with Gasteiger partial charge in [-0.2, -0.15) is 5.10 Å². The third-order valence-corrected chi connectivity index (χ3v) is 5.86. The van der Waals surface area contributed by atoms with Crippen molar-refractivity contribution >= 4 is 45.3 Å². The van der Waals surface area contributed by atoms with Crippen LogP contribution in [0.5, 0.6) is 0 Å². The van der Waals surface area contributed by atoms with Gasteiger partial charge in [0.2, 0.25) is 0 Å². The summed E-state index contributed by atoms with van der Waals surface area (Å²) in [4.78, 5) is 45.9. The summed E-state index contributed by atoms with van der Waals surface area (Å²) >= 11 is 3.50. The summed E-state index contributed by atoms with van der Waals surface area (Å²) in [7, 11) is 0. The Hall–Kier alpha value is -4.39. The van der Waals surface area contributed by atoms with Crippen molar-refractivity contribution in [2.24, 2.45) is 11.0 Å². The molecule has 2 amide bonds. The number of hydrogen-bond donors (Lipinski definition) is 2. The van der Waals surface area contributed by atoms with E-state index in [-0.39, 0.29) is 5.56 Å². The highest BCUT2D eigenvalue weighted by Gasteiger charge is 2.27. The number of carbonyl (C=O) groups is 2. The second kappa shape index (κ2) is 11.6. The van der Waals surface area contributed by atoms with Gasteiger partial charge in [0.15, 0.2) is 0 Å². The van der Waals surface area contributed by atoms with E-state index in [1.165, 1.54) is 6.21 Å². The van der Waals surface area contributed by atoms with Crippen LogP contribution in [-0.2, 0) is 4.79 Å². The number of non-ortho nitro benzene ring substituents is 2. The first kappa shape index (κ1) is 27.2. The number of nitro benzene ring substituents is 2. The van der Waals surface area contributed by atoms with Gasteiger partial charge >= 0.3 is 0 Å². The van der Waals surface area contributed by atoms with Crippen LogP contribution in [0.25, 0.3) is 11.3 Å². The van der Waals surface area contributed by atoms with Gasteiger partial charge in [0.1, 0.15) is 17.6 Å². The number of carbonyl (C=O) groups excluding carboxylic acids is 2. The fourth-order valence-corrected chi connectivity index (χ4v) is 4.00. The molecule has 13 heteroatoms. The Morgan fingerprint density at radius 2 is 1.68 bits per heavy atom. The van der Waals surface area contributed by atoms with Crippen molar-refractivity contribution in [3.63, 3.8) is 0 Å². The van der Waals surface area contributed by atoms with E-state index in [0.29, 0.717) is 11.5 Å². The van der Waals surface area contributed by atoms with Crippen molar-refractivity contribution in [2.75, 3.05) is 0 Å². The van der Waals surface area contributed by atoms with Gasteiger partial charge in [0.25, 0.3) is 23.2 Å². The van der Waals surface area contributed by atoms with Gasteiger partial charge in [-0.25, -0.2) is 5.43 Å². The topological polar surface area (TPSA) is 170 Å². The zero-order valence-electron chi connectivity index (χ0n) is 19.9. The van der Waals surface area contributed by atoms with Crippen LogP contribution in [0.2, 0.25) is 0 Å². The standard InChI is InChI=1S/C24H22BrN5O7/c1-13(2)22(27-23(31)15-9-16(29(33)34)11-17(10-15)30(35)36)24(32)28-26-12-18-5-7-21(37-18)19-6-4-14(3)8-20(19)25/h4-13,22H,1-3H3,(H,27,31)(H,28,32)/b26-12-/t22-/m1/s1. The van der Waals surface area contributed by atoms with Crippen LogP contribution in [0.4, 0.5) is 11.4 Å². The molecule has 0 fully saturated rings. The molecule has 37 heavy (non-hydrogen) atoms. The molecule has 0 radical (unpaired) electrons. The molecule has 0 unspecified atom stereocenters. The van der Waals surface area contributed by atoms with Gasteiger partial charge in [-0.15, -0.1) is 0 Å². The highest BCUT2D eigenvalue weighted by Crippen LogP contribution is 2.30. The van der Waals surface area contributed by atoms with Crippen molar-refractivity contribution in [2.45, 2.75) is 26.8 Å². The van der Waals surface area contributed by atoms with Gasteiger partial charge < -0.3 is 9.73 Å². The summed E-state index contributed by atoms with van der Waals surface area (Å²) < 4.78 is 6.62. The number of halogens is 1. The van der Waals surface area contributed by atoms with Crippen LogP contribution in [0.15, 0.2) is 62.5 Å². The molecular formula is C24H22BrN5O7. The number of nitrogens with zero attached hydrogens (tertiary/aromatic N) is 3. The van der Waals surface area contributed by atoms with E-state index in [9.17, 15) is 29.8 Å². The molecule has 1 atom stereocenters. The molecule has 1 heterocycles. The lowest BCUT2D eigenvalue weighted by Gasteiger charge is -2.20. The first-order valence-electron chi connectivity index (χ1n) is 10.9. The normalized spacial score (nSPS) is 11.9. The van der Waals surface area contributed by atoms with Crippen LogP contribution < -0.4 is 10.7 Å². The number of amides is 2. The number of hydrazone groups is 1.